The first-order chi connectivity index (χ1) is 11.8. The SMILES string of the molecule is CCc1noc(CC)c1Cc1nc(-c2ccc3c(c2)CCO3)no1. The van der Waals surface area contributed by atoms with Crippen LogP contribution in [-0.2, 0) is 25.7 Å². The summed E-state index contributed by atoms with van der Waals surface area (Å²) in [5.41, 5.74) is 4.17. The number of hydrogen-bond acceptors (Lipinski definition) is 6. The minimum Gasteiger partial charge on any atom is -0.493 e. The predicted octanol–water partition coefficient (Wildman–Crippen LogP) is 3.38. The Morgan fingerprint density at radius 2 is 2.00 bits per heavy atom. The van der Waals surface area contributed by atoms with Crippen molar-refractivity contribution in [1.82, 2.24) is 15.3 Å². The lowest BCUT2D eigenvalue weighted by atomic mass is 10.1. The molecule has 0 radical (unpaired) electrons. The van der Waals surface area contributed by atoms with E-state index in [0.29, 0.717) is 18.1 Å². The molecule has 1 aliphatic rings. The monoisotopic (exact) mass is 325 g/mol. The Hall–Kier alpha value is -2.63. The molecule has 1 aromatic carbocycles. The molecule has 0 spiro atoms. The number of fused-ring (bicyclic) bond motifs is 1. The molecular weight excluding hydrogens is 306 g/mol. The molecule has 3 aromatic rings. The second-order valence-corrected chi connectivity index (χ2v) is 5.85. The lowest BCUT2D eigenvalue weighted by Crippen LogP contribution is -1.96. The Morgan fingerprint density at radius 3 is 2.83 bits per heavy atom. The summed E-state index contributed by atoms with van der Waals surface area (Å²) in [7, 11) is 0. The zero-order chi connectivity index (χ0) is 16.5. The van der Waals surface area contributed by atoms with Crippen molar-refractivity contribution in [1.29, 1.82) is 0 Å². The summed E-state index contributed by atoms with van der Waals surface area (Å²) in [5.74, 6) is 3.02. The molecule has 0 amide bonds. The average Bonchev–Trinajstić information content (AvgIpc) is 3.33. The molecule has 0 atom stereocenters. The van der Waals surface area contributed by atoms with Gasteiger partial charge in [-0.2, -0.15) is 4.98 Å². The van der Waals surface area contributed by atoms with Gasteiger partial charge in [-0.3, -0.25) is 0 Å². The Bertz CT molecular complexity index is 845. The summed E-state index contributed by atoms with van der Waals surface area (Å²) < 4.78 is 16.4. The van der Waals surface area contributed by atoms with E-state index in [1.807, 2.05) is 12.1 Å². The number of rotatable bonds is 5. The van der Waals surface area contributed by atoms with Gasteiger partial charge < -0.3 is 13.8 Å². The summed E-state index contributed by atoms with van der Waals surface area (Å²) in [6, 6.07) is 6.01. The van der Waals surface area contributed by atoms with E-state index in [1.54, 1.807) is 0 Å². The number of ether oxygens (including phenoxy) is 1. The van der Waals surface area contributed by atoms with Crippen LogP contribution in [0.15, 0.2) is 27.2 Å². The number of aryl methyl sites for hydroxylation is 2. The molecule has 0 N–H and O–H groups in total. The average molecular weight is 325 g/mol. The highest BCUT2D eigenvalue weighted by molar-refractivity contribution is 5.59. The van der Waals surface area contributed by atoms with Crippen molar-refractivity contribution < 1.29 is 13.8 Å². The van der Waals surface area contributed by atoms with E-state index in [2.05, 4.69) is 35.2 Å². The fourth-order valence-electron chi connectivity index (χ4n) is 3.06. The maximum absolute atomic E-state index is 5.53. The molecule has 0 bridgehead atoms. The summed E-state index contributed by atoms with van der Waals surface area (Å²) in [4.78, 5) is 4.54. The highest BCUT2D eigenvalue weighted by atomic mass is 16.5. The highest BCUT2D eigenvalue weighted by Gasteiger charge is 2.19. The Labute approximate surface area is 139 Å². The van der Waals surface area contributed by atoms with Gasteiger partial charge in [0.25, 0.3) is 0 Å². The molecule has 0 saturated carbocycles. The van der Waals surface area contributed by atoms with Crippen molar-refractivity contribution in [2.24, 2.45) is 0 Å². The second kappa shape index (κ2) is 6.11. The number of benzene rings is 1. The first-order valence-corrected chi connectivity index (χ1v) is 8.33. The maximum atomic E-state index is 5.53. The normalized spacial score (nSPS) is 13.1. The van der Waals surface area contributed by atoms with Crippen LogP contribution in [0.1, 0.15) is 42.3 Å². The molecule has 0 unspecified atom stereocenters. The van der Waals surface area contributed by atoms with Crippen LogP contribution >= 0.6 is 0 Å². The van der Waals surface area contributed by atoms with Crippen molar-refractivity contribution in [3.05, 3.63) is 46.7 Å². The Morgan fingerprint density at radius 1 is 1.08 bits per heavy atom. The van der Waals surface area contributed by atoms with Gasteiger partial charge >= 0.3 is 0 Å². The van der Waals surface area contributed by atoms with E-state index in [9.17, 15) is 0 Å². The summed E-state index contributed by atoms with van der Waals surface area (Å²) in [5, 5.41) is 8.25. The van der Waals surface area contributed by atoms with Crippen LogP contribution in [0.3, 0.4) is 0 Å². The van der Waals surface area contributed by atoms with Crippen LogP contribution in [0.5, 0.6) is 5.75 Å². The van der Waals surface area contributed by atoms with Crippen molar-refractivity contribution in [2.75, 3.05) is 6.61 Å². The van der Waals surface area contributed by atoms with E-state index in [-0.39, 0.29) is 0 Å². The molecule has 1 aliphatic heterocycles. The van der Waals surface area contributed by atoms with Crippen LogP contribution in [0.2, 0.25) is 0 Å². The van der Waals surface area contributed by atoms with Crippen LogP contribution in [0.25, 0.3) is 11.4 Å². The first kappa shape index (κ1) is 14.9. The van der Waals surface area contributed by atoms with Gasteiger partial charge in [0.2, 0.25) is 11.7 Å². The van der Waals surface area contributed by atoms with Gasteiger partial charge in [-0.15, -0.1) is 0 Å². The zero-order valence-electron chi connectivity index (χ0n) is 13.8. The number of aromatic nitrogens is 3. The molecular formula is C18H19N3O3. The third-order valence-electron chi connectivity index (χ3n) is 4.35. The van der Waals surface area contributed by atoms with Crippen molar-refractivity contribution >= 4 is 0 Å². The largest absolute Gasteiger partial charge is 0.493 e. The van der Waals surface area contributed by atoms with E-state index >= 15 is 0 Å². The molecule has 0 aliphatic carbocycles. The van der Waals surface area contributed by atoms with Crippen LogP contribution in [0, 0.1) is 0 Å². The van der Waals surface area contributed by atoms with Gasteiger partial charge in [-0.25, -0.2) is 0 Å². The van der Waals surface area contributed by atoms with Crippen LogP contribution in [0.4, 0.5) is 0 Å². The third kappa shape index (κ3) is 2.58. The van der Waals surface area contributed by atoms with Crippen molar-refractivity contribution in [3.63, 3.8) is 0 Å². The quantitative estimate of drug-likeness (QED) is 0.716. The highest BCUT2D eigenvalue weighted by Crippen LogP contribution is 2.29. The lowest BCUT2D eigenvalue weighted by Gasteiger charge is -1.99. The molecule has 4 rings (SSSR count). The Kier molecular flexibility index (Phi) is 3.80. The fraction of sp³-hybridized carbons (Fsp3) is 0.389. The molecule has 0 fully saturated rings. The minimum atomic E-state index is 0.552. The lowest BCUT2D eigenvalue weighted by molar-refractivity contribution is 0.357. The number of hydrogen-bond donors (Lipinski definition) is 0. The predicted molar refractivity (Wildman–Crippen MR) is 87.0 cm³/mol. The second-order valence-electron chi connectivity index (χ2n) is 5.85. The van der Waals surface area contributed by atoms with Gasteiger partial charge in [0.1, 0.15) is 11.5 Å². The van der Waals surface area contributed by atoms with E-state index < -0.39 is 0 Å². The van der Waals surface area contributed by atoms with E-state index in [4.69, 9.17) is 13.8 Å². The summed E-state index contributed by atoms with van der Waals surface area (Å²) in [6.07, 6.45) is 3.10. The fourth-order valence-corrected chi connectivity index (χ4v) is 3.06. The molecule has 3 heterocycles. The van der Waals surface area contributed by atoms with Crippen LogP contribution < -0.4 is 4.74 Å². The minimum absolute atomic E-state index is 0.552. The Balaban J connectivity index is 1.60. The molecule has 6 heteroatoms. The summed E-state index contributed by atoms with van der Waals surface area (Å²) in [6.45, 7) is 4.85. The van der Waals surface area contributed by atoms with Gasteiger partial charge in [-0.05, 0) is 30.2 Å². The topological polar surface area (TPSA) is 74.2 Å². The van der Waals surface area contributed by atoms with Crippen LogP contribution in [-0.4, -0.2) is 21.9 Å². The van der Waals surface area contributed by atoms with Crippen molar-refractivity contribution in [3.8, 4) is 17.1 Å². The molecule has 24 heavy (non-hydrogen) atoms. The van der Waals surface area contributed by atoms with E-state index in [0.717, 1.165) is 54.2 Å². The molecule has 2 aromatic heterocycles. The first-order valence-electron chi connectivity index (χ1n) is 8.33. The van der Waals surface area contributed by atoms with Gasteiger partial charge in [-0.1, -0.05) is 24.2 Å². The summed E-state index contributed by atoms with van der Waals surface area (Å²) >= 11 is 0. The van der Waals surface area contributed by atoms with Gasteiger partial charge in [0.15, 0.2) is 0 Å². The standard InChI is InChI=1S/C18H19N3O3/c1-3-14-13(15(4-2)23-20-14)10-17-19-18(21-24-17)12-5-6-16-11(9-12)7-8-22-16/h5-6,9H,3-4,7-8,10H2,1-2H3. The number of nitrogens with zero attached hydrogens (tertiary/aromatic N) is 3. The molecule has 6 nitrogen and oxygen atoms in total. The molecule has 124 valence electrons. The van der Waals surface area contributed by atoms with Crippen molar-refractivity contribution in [2.45, 2.75) is 39.5 Å². The molecule has 0 saturated heterocycles. The van der Waals surface area contributed by atoms with Gasteiger partial charge in [0, 0.05) is 24.0 Å². The maximum Gasteiger partial charge on any atom is 0.231 e. The van der Waals surface area contributed by atoms with E-state index in [1.165, 1.54) is 5.56 Å². The van der Waals surface area contributed by atoms with Gasteiger partial charge in [0.05, 0.1) is 18.7 Å². The smallest absolute Gasteiger partial charge is 0.231 e. The zero-order valence-corrected chi connectivity index (χ0v) is 13.8. The third-order valence-corrected chi connectivity index (χ3v) is 4.35.